The predicted molar refractivity (Wildman–Crippen MR) is 51.4 cm³/mol. The maximum atomic E-state index is 12.9. The molecule has 1 heterocycles. The standard InChI is InChI=1S/C9H10FN3O/c1-2-4-12-9(14)13-8-3-5-11-6-7(8)10/h2-3,5-6H,1,4H2,(H2,11,12,13,14). The van der Waals surface area contributed by atoms with Gasteiger partial charge in [0.1, 0.15) is 0 Å². The van der Waals surface area contributed by atoms with Gasteiger partial charge in [0.2, 0.25) is 0 Å². The topological polar surface area (TPSA) is 54.0 Å². The second-order valence-corrected chi connectivity index (χ2v) is 2.48. The number of hydrogen-bond donors (Lipinski definition) is 2. The van der Waals surface area contributed by atoms with Crippen LogP contribution in [0.1, 0.15) is 0 Å². The van der Waals surface area contributed by atoms with Gasteiger partial charge in [0.25, 0.3) is 0 Å². The van der Waals surface area contributed by atoms with Crippen molar-refractivity contribution in [3.05, 3.63) is 36.9 Å². The Bertz CT molecular complexity index is 341. The zero-order chi connectivity index (χ0) is 10.4. The molecule has 4 nitrogen and oxygen atoms in total. The molecular formula is C9H10FN3O. The molecule has 14 heavy (non-hydrogen) atoms. The largest absolute Gasteiger partial charge is 0.334 e. The zero-order valence-electron chi connectivity index (χ0n) is 7.46. The fourth-order valence-electron chi connectivity index (χ4n) is 0.808. The Balaban J connectivity index is 2.56. The highest BCUT2D eigenvalue weighted by atomic mass is 19.1. The predicted octanol–water partition coefficient (Wildman–Crippen LogP) is 1.53. The second-order valence-electron chi connectivity index (χ2n) is 2.48. The lowest BCUT2D eigenvalue weighted by Crippen LogP contribution is -2.28. The van der Waals surface area contributed by atoms with Crippen LogP contribution in [0.3, 0.4) is 0 Å². The molecule has 1 aromatic rings. The maximum absolute atomic E-state index is 12.9. The third-order valence-electron chi connectivity index (χ3n) is 1.43. The normalized spacial score (nSPS) is 9.21. The Morgan fingerprint density at radius 2 is 2.50 bits per heavy atom. The first kappa shape index (κ1) is 10.2. The number of carbonyl (C=O) groups excluding carboxylic acids is 1. The zero-order valence-corrected chi connectivity index (χ0v) is 7.46. The van der Waals surface area contributed by atoms with E-state index < -0.39 is 11.8 Å². The average molecular weight is 195 g/mol. The smallest absolute Gasteiger partial charge is 0.319 e. The summed E-state index contributed by atoms with van der Waals surface area (Å²) in [6, 6.07) is 0.901. The summed E-state index contributed by atoms with van der Waals surface area (Å²) in [6.07, 6.45) is 3.96. The molecule has 0 aliphatic heterocycles. The first-order valence-electron chi connectivity index (χ1n) is 3.99. The minimum Gasteiger partial charge on any atom is -0.334 e. The minimum atomic E-state index is -0.568. The first-order valence-corrected chi connectivity index (χ1v) is 3.99. The molecule has 0 atom stereocenters. The number of amides is 2. The molecule has 2 N–H and O–H groups in total. The van der Waals surface area contributed by atoms with E-state index in [1.165, 1.54) is 18.3 Å². The van der Waals surface area contributed by atoms with Crippen LogP contribution >= 0.6 is 0 Å². The maximum Gasteiger partial charge on any atom is 0.319 e. The Labute approximate surface area is 80.8 Å². The molecular weight excluding hydrogens is 185 g/mol. The van der Waals surface area contributed by atoms with Gasteiger partial charge in [-0.1, -0.05) is 6.08 Å². The lowest BCUT2D eigenvalue weighted by molar-refractivity contribution is 0.253. The van der Waals surface area contributed by atoms with Gasteiger partial charge in [-0.25, -0.2) is 9.18 Å². The van der Waals surface area contributed by atoms with Crippen LogP contribution in [0.25, 0.3) is 0 Å². The molecule has 5 heteroatoms. The Hall–Kier alpha value is -1.91. The molecule has 2 amide bonds. The number of rotatable bonds is 3. The van der Waals surface area contributed by atoms with Crippen LogP contribution in [0.2, 0.25) is 0 Å². The highest BCUT2D eigenvalue weighted by Crippen LogP contribution is 2.09. The molecule has 0 saturated carbocycles. The molecule has 0 bridgehead atoms. The van der Waals surface area contributed by atoms with Crippen molar-refractivity contribution >= 4 is 11.7 Å². The Morgan fingerprint density at radius 3 is 3.14 bits per heavy atom. The highest BCUT2D eigenvalue weighted by Gasteiger charge is 2.04. The first-order chi connectivity index (χ1) is 6.74. The van der Waals surface area contributed by atoms with Gasteiger partial charge in [0.15, 0.2) is 5.82 Å². The van der Waals surface area contributed by atoms with E-state index in [1.807, 2.05) is 0 Å². The minimum absolute atomic E-state index is 0.0987. The van der Waals surface area contributed by atoms with Gasteiger partial charge in [-0.3, -0.25) is 4.98 Å². The molecule has 0 unspecified atom stereocenters. The summed E-state index contributed by atoms with van der Waals surface area (Å²) in [6.45, 7) is 3.76. The molecule has 1 rings (SSSR count). The number of hydrogen-bond acceptors (Lipinski definition) is 2. The van der Waals surface area contributed by atoms with E-state index in [9.17, 15) is 9.18 Å². The van der Waals surface area contributed by atoms with Crippen molar-refractivity contribution in [2.75, 3.05) is 11.9 Å². The van der Waals surface area contributed by atoms with E-state index in [0.29, 0.717) is 6.54 Å². The fourth-order valence-corrected chi connectivity index (χ4v) is 0.808. The highest BCUT2D eigenvalue weighted by molar-refractivity contribution is 5.89. The van der Waals surface area contributed by atoms with Crippen LogP contribution in [0.15, 0.2) is 31.1 Å². The van der Waals surface area contributed by atoms with Crippen LogP contribution in [0, 0.1) is 5.82 Å². The molecule has 0 saturated heterocycles. The average Bonchev–Trinajstić information content (AvgIpc) is 2.18. The molecule has 0 spiro atoms. The summed E-state index contributed by atoms with van der Waals surface area (Å²) in [5.41, 5.74) is 0.0987. The van der Waals surface area contributed by atoms with Crippen molar-refractivity contribution < 1.29 is 9.18 Å². The van der Waals surface area contributed by atoms with E-state index in [2.05, 4.69) is 22.2 Å². The molecule has 0 aromatic carbocycles. The van der Waals surface area contributed by atoms with Gasteiger partial charge in [0.05, 0.1) is 11.9 Å². The lowest BCUT2D eigenvalue weighted by atomic mass is 10.4. The van der Waals surface area contributed by atoms with Gasteiger partial charge in [-0.2, -0.15) is 0 Å². The Kier molecular flexibility index (Phi) is 3.60. The van der Waals surface area contributed by atoms with Crippen LogP contribution in [0.4, 0.5) is 14.9 Å². The van der Waals surface area contributed by atoms with E-state index in [1.54, 1.807) is 0 Å². The number of nitrogens with zero attached hydrogens (tertiary/aromatic N) is 1. The summed E-state index contributed by atoms with van der Waals surface area (Å²) in [5, 5.41) is 4.79. The number of halogens is 1. The van der Waals surface area contributed by atoms with Gasteiger partial charge < -0.3 is 10.6 Å². The van der Waals surface area contributed by atoms with Crippen molar-refractivity contribution in [1.29, 1.82) is 0 Å². The molecule has 74 valence electrons. The van der Waals surface area contributed by atoms with Crippen molar-refractivity contribution in [2.45, 2.75) is 0 Å². The number of pyridine rings is 1. The SMILES string of the molecule is C=CCNC(=O)Nc1ccncc1F. The molecule has 0 aliphatic carbocycles. The summed E-state index contributed by atoms with van der Waals surface area (Å²) >= 11 is 0. The van der Waals surface area contributed by atoms with Gasteiger partial charge >= 0.3 is 6.03 Å². The summed E-state index contributed by atoms with van der Waals surface area (Å²) < 4.78 is 12.9. The lowest BCUT2D eigenvalue weighted by Gasteiger charge is -2.05. The van der Waals surface area contributed by atoms with Crippen molar-refractivity contribution in [3.8, 4) is 0 Å². The number of carbonyl (C=O) groups is 1. The van der Waals surface area contributed by atoms with Crippen LogP contribution in [-0.4, -0.2) is 17.6 Å². The quantitative estimate of drug-likeness (QED) is 0.718. The van der Waals surface area contributed by atoms with Crippen molar-refractivity contribution in [2.24, 2.45) is 0 Å². The third kappa shape index (κ3) is 2.85. The molecule has 0 aliphatic rings. The van der Waals surface area contributed by atoms with E-state index in [-0.39, 0.29) is 5.69 Å². The van der Waals surface area contributed by atoms with Crippen molar-refractivity contribution in [3.63, 3.8) is 0 Å². The number of nitrogens with one attached hydrogen (secondary N) is 2. The number of aromatic nitrogens is 1. The molecule has 0 radical (unpaired) electrons. The Morgan fingerprint density at radius 1 is 1.71 bits per heavy atom. The van der Waals surface area contributed by atoms with Crippen LogP contribution in [0.5, 0.6) is 0 Å². The van der Waals surface area contributed by atoms with Crippen LogP contribution in [-0.2, 0) is 0 Å². The molecule has 1 aromatic heterocycles. The van der Waals surface area contributed by atoms with E-state index >= 15 is 0 Å². The second kappa shape index (κ2) is 4.96. The van der Waals surface area contributed by atoms with E-state index in [0.717, 1.165) is 6.20 Å². The fraction of sp³-hybridized carbons (Fsp3) is 0.111. The van der Waals surface area contributed by atoms with Gasteiger partial charge in [-0.05, 0) is 6.07 Å². The summed E-state index contributed by atoms with van der Waals surface area (Å²) in [5.74, 6) is -0.568. The van der Waals surface area contributed by atoms with Crippen molar-refractivity contribution in [1.82, 2.24) is 10.3 Å². The van der Waals surface area contributed by atoms with E-state index in [4.69, 9.17) is 0 Å². The summed E-state index contributed by atoms with van der Waals surface area (Å²) in [7, 11) is 0. The number of anilines is 1. The molecule has 0 fully saturated rings. The summed E-state index contributed by atoms with van der Waals surface area (Å²) in [4.78, 5) is 14.6. The number of urea groups is 1. The van der Waals surface area contributed by atoms with Gasteiger partial charge in [-0.15, -0.1) is 6.58 Å². The third-order valence-corrected chi connectivity index (χ3v) is 1.43. The van der Waals surface area contributed by atoms with Gasteiger partial charge in [0, 0.05) is 12.7 Å². The van der Waals surface area contributed by atoms with Crippen LogP contribution < -0.4 is 10.6 Å². The monoisotopic (exact) mass is 195 g/mol.